The minimum Gasteiger partial charge on any atom is -0.480 e. The molecule has 0 saturated heterocycles. The summed E-state index contributed by atoms with van der Waals surface area (Å²) in [5.41, 5.74) is 0.179. The highest BCUT2D eigenvalue weighted by Gasteiger charge is 2.47. The van der Waals surface area contributed by atoms with Gasteiger partial charge in [0.15, 0.2) is 0 Å². The second-order valence-electron chi connectivity index (χ2n) is 5.53. The van der Waals surface area contributed by atoms with E-state index in [0.717, 1.165) is 17.5 Å². The van der Waals surface area contributed by atoms with E-state index in [2.05, 4.69) is 5.32 Å². The summed E-state index contributed by atoms with van der Waals surface area (Å²) in [5.74, 6) is -0.881. The Morgan fingerprint density at radius 1 is 1.44 bits per heavy atom. The van der Waals surface area contributed by atoms with Gasteiger partial charge in [-0.2, -0.15) is 0 Å². The molecule has 18 heavy (non-hydrogen) atoms. The van der Waals surface area contributed by atoms with E-state index < -0.39 is 17.0 Å². The van der Waals surface area contributed by atoms with Gasteiger partial charge in [-0.15, -0.1) is 0 Å². The van der Waals surface area contributed by atoms with Crippen LogP contribution < -0.4 is 5.32 Å². The molecule has 0 spiro atoms. The third-order valence-corrected chi connectivity index (χ3v) is 3.56. The van der Waals surface area contributed by atoms with E-state index in [1.807, 2.05) is 24.3 Å². The second kappa shape index (κ2) is 4.37. The summed E-state index contributed by atoms with van der Waals surface area (Å²) in [5, 5.41) is 22.1. The molecule has 1 unspecified atom stereocenters. The minimum absolute atomic E-state index is 0.107. The van der Waals surface area contributed by atoms with Crippen LogP contribution in [0.5, 0.6) is 0 Å². The van der Waals surface area contributed by atoms with Gasteiger partial charge in [-0.3, -0.25) is 5.32 Å². The number of carboxylic acid groups (broad SMARTS) is 1. The molecule has 0 saturated carbocycles. The number of nitrogens with one attached hydrogen (secondary N) is 1. The van der Waals surface area contributed by atoms with Crippen LogP contribution in [0.4, 0.5) is 0 Å². The number of aliphatic hydroxyl groups is 1. The SMILES string of the molecule is CC(C)(CO)NC1(C(=O)O)CCc2ccccc21. The number of aliphatic hydroxyl groups excluding tert-OH is 1. The van der Waals surface area contributed by atoms with Gasteiger partial charge in [-0.25, -0.2) is 4.79 Å². The third-order valence-electron chi connectivity index (χ3n) is 3.56. The average molecular weight is 249 g/mol. The number of hydrogen-bond donors (Lipinski definition) is 3. The highest BCUT2D eigenvalue weighted by molar-refractivity contribution is 5.82. The molecular weight excluding hydrogens is 230 g/mol. The number of rotatable bonds is 4. The fourth-order valence-corrected chi connectivity index (χ4v) is 2.63. The first-order valence-corrected chi connectivity index (χ1v) is 6.13. The van der Waals surface area contributed by atoms with Crippen LogP contribution in [0.3, 0.4) is 0 Å². The van der Waals surface area contributed by atoms with Gasteiger partial charge in [0.2, 0.25) is 0 Å². The molecule has 4 heteroatoms. The van der Waals surface area contributed by atoms with Crippen LogP contribution in [0.2, 0.25) is 0 Å². The predicted octanol–water partition coefficient (Wildman–Crippen LogP) is 1.27. The summed E-state index contributed by atoms with van der Waals surface area (Å²) in [6, 6.07) is 7.61. The van der Waals surface area contributed by atoms with Crippen LogP contribution in [0.15, 0.2) is 24.3 Å². The van der Waals surface area contributed by atoms with Crippen LogP contribution >= 0.6 is 0 Å². The first-order chi connectivity index (χ1) is 8.41. The van der Waals surface area contributed by atoms with Gasteiger partial charge in [-0.05, 0) is 37.8 Å². The molecule has 0 amide bonds. The van der Waals surface area contributed by atoms with Crippen LogP contribution in [0.1, 0.15) is 31.4 Å². The van der Waals surface area contributed by atoms with Crippen molar-refractivity contribution in [3.63, 3.8) is 0 Å². The van der Waals surface area contributed by atoms with E-state index in [4.69, 9.17) is 0 Å². The maximum Gasteiger partial charge on any atom is 0.328 e. The molecule has 1 aliphatic carbocycles. The lowest BCUT2D eigenvalue weighted by Gasteiger charge is -2.36. The molecule has 0 aliphatic heterocycles. The Balaban J connectivity index is 2.45. The van der Waals surface area contributed by atoms with Gasteiger partial charge in [0.25, 0.3) is 0 Å². The molecule has 0 aromatic heterocycles. The molecule has 4 nitrogen and oxygen atoms in total. The van der Waals surface area contributed by atoms with Crippen molar-refractivity contribution >= 4 is 5.97 Å². The zero-order chi connectivity index (χ0) is 13.4. The van der Waals surface area contributed by atoms with E-state index in [1.165, 1.54) is 0 Å². The Hall–Kier alpha value is -1.39. The topological polar surface area (TPSA) is 69.6 Å². The lowest BCUT2D eigenvalue weighted by Crippen LogP contribution is -2.58. The Bertz CT molecular complexity index is 470. The fourth-order valence-electron chi connectivity index (χ4n) is 2.63. The molecule has 3 N–H and O–H groups in total. The molecule has 0 bridgehead atoms. The standard InChI is InChI=1S/C14H19NO3/c1-13(2,9-16)15-14(12(17)18)8-7-10-5-3-4-6-11(10)14/h3-6,15-16H,7-9H2,1-2H3,(H,17,18). The van der Waals surface area contributed by atoms with Crippen LogP contribution in [0, 0.1) is 0 Å². The van der Waals surface area contributed by atoms with Crippen LogP contribution in [-0.4, -0.2) is 28.3 Å². The first kappa shape index (κ1) is 13.1. The van der Waals surface area contributed by atoms with Gasteiger partial charge in [-0.1, -0.05) is 24.3 Å². The van der Waals surface area contributed by atoms with Crippen molar-refractivity contribution in [3.05, 3.63) is 35.4 Å². The molecule has 1 aliphatic rings. The summed E-state index contributed by atoms with van der Waals surface area (Å²) >= 11 is 0. The largest absolute Gasteiger partial charge is 0.480 e. The minimum atomic E-state index is -1.08. The predicted molar refractivity (Wildman–Crippen MR) is 68.4 cm³/mol. The Morgan fingerprint density at radius 3 is 2.72 bits per heavy atom. The normalized spacial score (nSPS) is 22.8. The maximum atomic E-state index is 11.7. The van der Waals surface area contributed by atoms with Crippen LogP contribution in [0.25, 0.3) is 0 Å². The number of aryl methyl sites for hydroxylation is 1. The van der Waals surface area contributed by atoms with Crippen molar-refractivity contribution < 1.29 is 15.0 Å². The van der Waals surface area contributed by atoms with Crippen molar-refractivity contribution in [2.45, 2.75) is 37.8 Å². The van der Waals surface area contributed by atoms with E-state index in [-0.39, 0.29) is 6.61 Å². The Kier molecular flexibility index (Phi) is 3.17. The van der Waals surface area contributed by atoms with Gasteiger partial charge < -0.3 is 10.2 Å². The number of aliphatic carboxylic acids is 1. The van der Waals surface area contributed by atoms with E-state index in [0.29, 0.717) is 6.42 Å². The van der Waals surface area contributed by atoms with Gasteiger partial charge in [0.1, 0.15) is 5.54 Å². The zero-order valence-corrected chi connectivity index (χ0v) is 10.7. The molecule has 0 heterocycles. The number of benzene rings is 1. The van der Waals surface area contributed by atoms with Crippen LogP contribution in [-0.2, 0) is 16.8 Å². The number of fused-ring (bicyclic) bond motifs is 1. The Morgan fingerprint density at radius 2 is 2.11 bits per heavy atom. The number of hydrogen-bond acceptors (Lipinski definition) is 3. The number of carbonyl (C=O) groups is 1. The van der Waals surface area contributed by atoms with Gasteiger partial charge in [0.05, 0.1) is 6.61 Å². The van der Waals surface area contributed by atoms with Crippen molar-refractivity contribution in [1.82, 2.24) is 5.32 Å². The third kappa shape index (κ3) is 2.02. The van der Waals surface area contributed by atoms with Gasteiger partial charge >= 0.3 is 5.97 Å². The number of carboxylic acids is 1. The molecule has 98 valence electrons. The van der Waals surface area contributed by atoms with E-state index >= 15 is 0 Å². The summed E-state index contributed by atoms with van der Waals surface area (Å²) in [7, 11) is 0. The zero-order valence-electron chi connectivity index (χ0n) is 10.7. The highest BCUT2D eigenvalue weighted by atomic mass is 16.4. The molecular formula is C14H19NO3. The highest BCUT2D eigenvalue weighted by Crippen LogP contribution is 2.38. The first-order valence-electron chi connectivity index (χ1n) is 6.13. The van der Waals surface area contributed by atoms with Crippen molar-refractivity contribution in [3.8, 4) is 0 Å². The summed E-state index contributed by atoms with van der Waals surface area (Å²) < 4.78 is 0. The molecule has 2 rings (SSSR count). The second-order valence-corrected chi connectivity index (χ2v) is 5.53. The molecule has 1 aromatic rings. The van der Waals surface area contributed by atoms with Crippen molar-refractivity contribution in [2.24, 2.45) is 0 Å². The van der Waals surface area contributed by atoms with Crippen molar-refractivity contribution in [2.75, 3.05) is 6.61 Å². The average Bonchev–Trinajstić information content (AvgIpc) is 2.70. The lowest BCUT2D eigenvalue weighted by molar-refractivity contribution is -0.146. The molecule has 0 radical (unpaired) electrons. The lowest BCUT2D eigenvalue weighted by atomic mass is 9.88. The maximum absolute atomic E-state index is 11.7. The van der Waals surface area contributed by atoms with Crippen molar-refractivity contribution in [1.29, 1.82) is 0 Å². The summed E-state index contributed by atoms with van der Waals surface area (Å²) in [6.45, 7) is 3.50. The van der Waals surface area contributed by atoms with E-state index in [9.17, 15) is 15.0 Å². The molecule has 0 fully saturated rings. The quantitative estimate of drug-likeness (QED) is 0.751. The summed E-state index contributed by atoms with van der Waals surface area (Å²) in [6.07, 6.45) is 1.27. The monoisotopic (exact) mass is 249 g/mol. The smallest absolute Gasteiger partial charge is 0.328 e. The van der Waals surface area contributed by atoms with Gasteiger partial charge in [0, 0.05) is 5.54 Å². The molecule has 1 atom stereocenters. The molecule has 1 aromatic carbocycles. The fraction of sp³-hybridized carbons (Fsp3) is 0.500. The Labute approximate surface area is 107 Å². The van der Waals surface area contributed by atoms with E-state index in [1.54, 1.807) is 13.8 Å². The summed E-state index contributed by atoms with van der Waals surface area (Å²) in [4.78, 5) is 11.7.